The van der Waals surface area contributed by atoms with E-state index in [9.17, 15) is 18.3 Å². The van der Waals surface area contributed by atoms with Crippen molar-refractivity contribution in [3.63, 3.8) is 0 Å². The van der Waals surface area contributed by atoms with Gasteiger partial charge in [0, 0.05) is 33.1 Å². The molecule has 2 heterocycles. The Bertz CT molecular complexity index is 642. The van der Waals surface area contributed by atoms with Crippen LogP contribution >= 0.6 is 0 Å². The zero-order valence-corrected chi connectivity index (χ0v) is 13.6. The Labute approximate surface area is 128 Å². The molecule has 1 aliphatic heterocycles. The summed E-state index contributed by atoms with van der Waals surface area (Å²) in [6, 6.07) is 0. The third-order valence-electron chi connectivity index (χ3n) is 3.81. The molecule has 0 unspecified atom stereocenters. The number of aliphatic hydroxyl groups is 1. The Kier molecular flexibility index (Phi) is 4.83. The van der Waals surface area contributed by atoms with Gasteiger partial charge < -0.3 is 10.0 Å². The summed E-state index contributed by atoms with van der Waals surface area (Å²) >= 11 is 0. The molecule has 9 nitrogen and oxygen atoms in total. The molecule has 1 aliphatic rings. The van der Waals surface area contributed by atoms with E-state index in [1.165, 1.54) is 19.0 Å². The van der Waals surface area contributed by atoms with Crippen LogP contribution in [0, 0.1) is 12.8 Å². The van der Waals surface area contributed by atoms with Crippen LogP contribution in [0.25, 0.3) is 0 Å². The molecule has 1 saturated heterocycles. The number of nitrogens with zero attached hydrogens (tertiary/aromatic N) is 4. The fourth-order valence-corrected chi connectivity index (χ4v) is 3.47. The number of rotatable bonds is 5. The van der Waals surface area contributed by atoms with Crippen LogP contribution < -0.4 is 0 Å². The van der Waals surface area contributed by atoms with Gasteiger partial charge >= 0.3 is 0 Å². The zero-order valence-electron chi connectivity index (χ0n) is 12.8. The first-order valence-electron chi connectivity index (χ1n) is 6.84. The standard InChI is InChI=1S/C12H20N4O5S/c1-8-10(14-21-13-8)4-12(18)16-5-9(11(17)6-16)7-22(19,20)15(2)3/h9,11,17H,4-7H2,1-3H3/t9-,11+/m0/s1. The minimum atomic E-state index is -3.42. The van der Waals surface area contributed by atoms with E-state index in [1.807, 2.05) is 0 Å². The van der Waals surface area contributed by atoms with Crippen molar-refractivity contribution in [1.82, 2.24) is 19.5 Å². The monoisotopic (exact) mass is 332 g/mol. The van der Waals surface area contributed by atoms with Crippen LogP contribution in [0.1, 0.15) is 11.4 Å². The van der Waals surface area contributed by atoms with Crippen molar-refractivity contribution in [2.24, 2.45) is 5.92 Å². The summed E-state index contributed by atoms with van der Waals surface area (Å²) in [5.41, 5.74) is 0.990. The molecule has 0 radical (unpaired) electrons. The lowest BCUT2D eigenvalue weighted by atomic mass is 10.1. The van der Waals surface area contributed by atoms with Gasteiger partial charge in [-0.05, 0) is 6.92 Å². The predicted molar refractivity (Wildman–Crippen MR) is 76.3 cm³/mol. The zero-order chi connectivity index (χ0) is 16.5. The lowest BCUT2D eigenvalue weighted by molar-refractivity contribution is -0.129. The summed E-state index contributed by atoms with van der Waals surface area (Å²) in [5.74, 6) is -0.911. The Morgan fingerprint density at radius 1 is 1.41 bits per heavy atom. The van der Waals surface area contributed by atoms with Gasteiger partial charge in [0.05, 0.1) is 18.3 Å². The smallest absolute Gasteiger partial charge is 0.228 e. The molecule has 124 valence electrons. The SMILES string of the molecule is Cc1nonc1CC(=O)N1C[C@@H](CS(=O)(=O)N(C)C)[C@H](O)C1. The lowest BCUT2D eigenvalue weighted by Gasteiger charge is -2.17. The fraction of sp³-hybridized carbons (Fsp3) is 0.750. The predicted octanol–water partition coefficient (Wildman–Crippen LogP) is -1.37. The normalized spacial score (nSPS) is 22.5. The number of aliphatic hydroxyl groups excluding tert-OH is 1. The third-order valence-corrected chi connectivity index (χ3v) is 5.77. The van der Waals surface area contributed by atoms with Gasteiger partial charge in [0.15, 0.2) is 0 Å². The molecule has 0 saturated carbocycles. The summed E-state index contributed by atoms with van der Waals surface area (Å²) in [5, 5.41) is 17.3. The summed E-state index contributed by atoms with van der Waals surface area (Å²) in [6.07, 6.45) is -0.829. The molecule has 0 spiro atoms. The second-order valence-electron chi connectivity index (χ2n) is 5.66. The molecular weight excluding hydrogens is 312 g/mol. The molecule has 10 heteroatoms. The fourth-order valence-electron chi connectivity index (χ4n) is 2.31. The van der Waals surface area contributed by atoms with Gasteiger partial charge in [0.2, 0.25) is 15.9 Å². The molecule has 1 fully saturated rings. The van der Waals surface area contributed by atoms with Crippen LogP contribution in [0.4, 0.5) is 0 Å². The van der Waals surface area contributed by atoms with E-state index in [1.54, 1.807) is 6.92 Å². The first-order chi connectivity index (χ1) is 10.2. The van der Waals surface area contributed by atoms with E-state index in [0.717, 1.165) is 4.31 Å². The maximum atomic E-state index is 12.2. The summed E-state index contributed by atoms with van der Waals surface area (Å²) in [6.45, 7) is 2.01. The van der Waals surface area contributed by atoms with E-state index < -0.39 is 22.0 Å². The van der Waals surface area contributed by atoms with Crippen molar-refractivity contribution in [2.45, 2.75) is 19.4 Å². The largest absolute Gasteiger partial charge is 0.391 e. The number of aromatic nitrogens is 2. The average molecular weight is 332 g/mol. The van der Waals surface area contributed by atoms with Crippen molar-refractivity contribution >= 4 is 15.9 Å². The molecule has 1 aromatic heterocycles. The summed E-state index contributed by atoms with van der Waals surface area (Å²) in [4.78, 5) is 13.7. The van der Waals surface area contributed by atoms with Gasteiger partial charge in [-0.2, -0.15) is 0 Å². The highest BCUT2D eigenvalue weighted by atomic mass is 32.2. The van der Waals surface area contributed by atoms with Crippen LogP contribution in [0.3, 0.4) is 0 Å². The van der Waals surface area contributed by atoms with Crippen LogP contribution in [0.2, 0.25) is 0 Å². The van der Waals surface area contributed by atoms with E-state index in [-0.39, 0.29) is 31.2 Å². The van der Waals surface area contributed by atoms with Crippen LogP contribution in [-0.4, -0.2) is 78.0 Å². The molecule has 1 aromatic rings. The summed E-state index contributed by atoms with van der Waals surface area (Å²) in [7, 11) is -0.534. The molecule has 0 bridgehead atoms. The van der Waals surface area contributed by atoms with Crippen LogP contribution in [-0.2, 0) is 21.2 Å². The molecule has 2 atom stereocenters. The Morgan fingerprint density at radius 2 is 2.09 bits per heavy atom. The van der Waals surface area contributed by atoms with E-state index in [4.69, 9.17) is 0 Å². The average Bonchev–Trinajstić information content (AvgIpc) is 2.97. The van der Waals surface area contributed by atoms with Crippen LogP contribution in [0.5, 0.6) is 0 Å². The number of aryl methyl sites for hydroxylation is 1. The first-order valence-corrected chi connectivity index (χ1v) is 8.45. The molecular formula is C12H20N4O5S. The number of sulfonamides is 1. The second kappa shape index (κ2) is 6.31. The van der Waals surface area contributed by atoms with Gasteiger partial charge in [0.1, 0.15) is 11.4 Å². The van der Waals surface area contributed by atoms with Crippen molar-refractivity contribution in [3.05, 3.63) is 11.4 Å². The minimum absolute atomic E-state index is 0.0230. The van der Waals surface area contributed by atoms with Gasteiger partial charge in [-0.15, -0.1) is 0 Å². The third kappa shape index (κ3) is 3.62. The van der Waals surface area contributed by atoms with Gasteiger partial charge in [-0.25, -0.2) is 17.4 Å². The molecule has 1 amide bonds. The maximum Gasteiger partial charge on any atom is 0.228 e. The highest BCUT2D eigenvalue weighted by Gasteiger charge is 2.37. The van der Waals surface area contributed by atoms with Gasteiger partial charge in [-0.1, -0.05) is 10.3 Å². The van der Waals surface area contributed by atoms with E-state index in [2.05, 4.69) is 14.9 Å². The van der Waals surface area contributed by atoms with Crippen molar-refractivity contribution in [1.29, 1.82) is 0 Å². The first kappa shape index (κ1) is 16.8. The Hall–Kier alpha value is -1.52. The Morgan fingerprint density at radius 3 is 2.64 bits per heavy atom. The number of amides is 1. The number of hydrogen-bond acceptors (Lipinski definition) is 7. The molecule has 22 heavy (non-hydrogen) atoms. The molecule has 0 aromatic carbocycles. The quantitative estimate of drug-likeness (QED) is 0.707. The van der Waals surface area contributed by atoms with Crippen molar-refractivity contribution in [3.8, 4) is 0 Å². The number of carbonyl (C=O) groups is 1. The molecule has 0 aliphatic carbocycles. The van der Waals surface area contributed by atoms with Crippen LogP contribution in [0.15, 0.2) is 4.63 Å². The number of hydrogen-bond donors (Lipinski definition) is 1. The minimum Gasteiger partial charge on any atom is -0.391 e. The Balaban J connectivity index is 1.98. The number of carbonyl (C=O) groups excluding carboxylic acids is 1. The molecule has 2 rings (SSSR count). The van der Waals surface area contributed by atoms with Crippen molar-refractivity contribution < 1.29 is 22.9 Å². The number of likely N-dealkylation sites (tertiary alicyclic amines) is 1. The number of β-amino-alcohol motifs (C(OH)–C–C–N with tert-alkyl or cyclic N) is 1. The highest BCUT2D eigenvalue weighted by Crippen LogP contribution is 2.21. The lowest BCUT2D eigenvalue weighted by Crippen LogP contribution is -2.34. The van der Waals surface area contributed by atoms with E-state index in [0.29, 0.717) is 11.4 Å². The second-order valence-corrected chi connectivity index (χ2v) is 7.89. The van der Waals surface area contributed by atoms with E-state index >= 15 is 0 Å². The topological polar surface area (TPSA) is 117 Å². The van der Waals surface area contributed by atoms with Crippen molar-refractivity contribution in [2.75, 3.05) is 32.9 Å². The van der Waals surface area contributed by atoms with Gasteiger partial charge in [0.25, 0.3) is 0 Å². The molecule has 1 N–H and O–H groups in total. The highest BCUT2D eigenvalue weighted by molar-refractivity contribution is 7.89. The summed E-state index contributed by atoms with van der Waals surface area (Å²) < 4.78 is 29.4. The van der Waals surface area contributed by atoms with Gasteiger partial charge in [-0.3, -0.25) is 4.79 Å². The maximum absolute atomic E-state index is 12.2.